The molecular weight excluding hydrogens is 384 g/mol. The van der Waals surface area contributed by atoms with E-state index in [4.69, 9.17) is 0 Å². The van der Waals surface area contributed by atoms with Gasteiger partial charge in [-0.3, -0.25) is 0 Å². The van der Waals surface area contributed by atoms with Crippen LogP contribution in [0.1, 0.15) is 33.4 Å². The molecule has 0 radical (unpaired) electrons. The Morgan fingerprint density at radius 3 is 1.38 bits per heavy atom. The lowest BCUT2D eigenvalue weighted by molar-refractivity contribution is 1.51. The van der Waals surface area contributed by atoms with Crippen LogP contribution in [0.5, 0.6) is 0 Å². The Hall–Kier alpha value is -4.16. The molecule has 0 N–H and O–H groups in total. The third kappa shape index (κ3) is 3.09. The molecule has 2 aliphatic carbocycles. The Labute approximate surface area is 189 Å². The van der Waals surface area contributed by atoms with Crippen LogP contribution in [0.4, 0.5) is 0 Å². The van der Waals surface area contributed by atoms with Crippen LogP contribution in [-0.2, 0) is 0 Å². The molecule has 0 fully saturated rings. The van der Waals surface area contributed by atoms with Gasteiger partial charge in [-0.15, -0.1) is 0 Å². The summed E-state index contributed by atoms with van der Waals surface area (Å²) in [5, 5.41) is 0. The molecule has 0 bridgehead atoms. The van der Waals surface area contributed by atoms with E-state index in [9.17, 15) is 0 Å². The molecule has 0 atom stereocenters. The normalized spacial score (nSPS) is 15.8. The van der Waals surface area contributed by atoms with Crippen molar-refractivity contribution >= 4 is 29.4 Å². The minimum absolute atomic E-state index is 1.24. The van der Waals surface area contributed by atoms with Crippen molar-refractivity contribution in [3.8, 4) is 11.1 Å². The van der Waals surface area contributed by atoms with Gasteiger partial charge in [0.1, 0.15) is 0 Å². The van der Waals surface area contributed by atoms with E-state index >= 15 is 0 Å². The third-order valence-electron chi connectivity index (χ3n) is 6.29. The van der Waals surface area contributed by atoms with E-state index in [-0.39, 0.29) is 0 Å². The van der Waals surface area contributed by atoms with Crippen molar-refractivity contribution in [2.24, 2.45) is 0 Å². The molecule has 0 unspecified atom stereocenters. The summed E-state index contributed by atoms with van der Waals surface area (Å²) < 4.78 is 0. The van der Waals surface area contributed by atoms with Crippen molar-refractivity contribution in [3.63, 3.8) is 0 Å². The van der Waals surface area contributed by atoms with Crippen LogP contribution in [-0.4, -0.2) is 0 Å². The van der Waals surface area contributed by atoms with Gasteiger partial charge in [-0.05, 0) is 55.7 Å². The predicted octanol–water partition coefficient (Wildman–Crippen LogP) is 8.38. The zero-order valence-electron chi connectivity index (χ0n) is 17.7. The summed E-state index contributed by atoms with van der Waals surface area (Å²) in [5.74, 6) is 0. The van der Waals surface area contributed by atoms with Crippen LogP contribution < -0.4 is 0 Å². The first-order valence-electron chi connectivity index (χ1n) is 11.0. The molecule has 32 heavy (non-hydrogen) atoms. The highest BCUT2D eigenvalue weighted by molar-refractivity contribution is 6.09. The molecule has 0 nitrogen and oxygen atoms in total. The average Bonchev–Trinajstić information content (AvgIpc) is 2.96. The molecule has 6 rings (SSSR count). The second-order valence-corrected chi connectivity index (χ2v) is 8.15. The summed E-state index contributed by atoms with van der Waals surface area (Å²) >= 11 is 0. The Kier molecular flexibility index (Phi) is 4.55. The largest absolute Gasteiger partial charge is 0.0616 e. The molecule has 4 aromatic carbocycles. The van der Waals surface area contributed by atoms with Gasteiger partial charge in [-0.2, -0.15) is 0 Å². The van der Waals surface area contributed by atoms with E-state index in [1.54, 1.807) is 0 Å². The fraction of sp³-hybridized carbons (Fsp3) is 0. The molecular formula is C32H22. The summed E-state index contributed by atoms with van der Waals surface area (Å²) in [6.45, 7) is 0. The van der Waals surface area contributed by atoms with Gasteiger partial charge in [0.25, 0.3) is 0 Å². The second-order valence-electron chi connectivity index (χ2n) is 8.15. The lowest BCUT2D eigenvalue weighted by Gasteiger charge is -2.19. The van der Waals surface area contributed by atoms with E-state index < -0.39 is 0 Å². The van der Waals surface area contributed by atoms with Crippen molar-refractivity contribution in [2.45, 2.75) is 0 Å². The van der Waals surface area contributed by atoms with Crippen molar-refractivity contribution < 1.29 is 0 Å². The van der Waals surface area contributed by atoms with E-state index in [2.05, 4.69) is 134 Å². The molecule has 0 heteroatoms. The van der Waals surface area contributed by atoms with Gasteiger partial charge < -0.3 is 0 Å². The fourth-order valence-electron chi connectivity index (χ4n) is 4.81. The van der Waals surface area contributed by atoms with Gasteiger partial charge in [-0.1, -0.05) is 134 Å². The van der Waals surface area contributed by atoms with Crippen LogP contribution in [0.15, 0.2) is 115 Å². The second kappa shape index (κ2) is 7.83. The van der Waals surface area contributed by atoms with Crippen LogP contribution in [0, 0.1) is 0 Å². The molecule has 0 heterocycles. The zero-order valence-corrected chi connectivity index (χ0v) is 17.7. The smallest absolute Gasteiger partial charge is 0.00206 e. The van der Waals surface area contributed by atoms with E-state index in [0.717, 1.165) is 0 Å². The van der Waals surface area contributed by atoms with E-state index in [1.165, 1.54) is 55.7 Å². The Bertz CT molecular complexity index is 1410. The summed E-state index contributed by atoms with van der Waals surface area (Å²) in [6, 6.07) is 34.9. The standard InChI is InChI=1S/C32H22/c1-5-15-26-23(11-1)12-4-8-20-31(30-19-10-9-18-29(26)30)32-27-16-6-2-13-24(27)21-22-25-14-3-7-17-28(25)32/h1-22H/b12-4-,20-8-. The quantitative estimate of drug-likeness (QED) is 0.242. The number of rotatable bonds is 0. The van der Waals surface area contributed by atoms with Crippen molar-refractivity contribution in [2.75, 3.05) is 0 Å². The van der Waals surface area contributed by atoms with Crippen molar-refractivity contribution in [1.82, 2.24) is 0 Å². The minimum Gasteiger partial charge on any atom is -0.0616 e. The maximum absolute atomic E-state index is 2.27. The Balaban J connectivity index is 1.77. The molecule has 150 valence electrons. The molecule has 0 saturated heterocycles. The lowest BCUT2D eigenvalue weighted by Crippen LogP contribution is -1.98. The van der Waals surface area contributed by atoms with E-state index in [1.807, 2.05) is 0 Å². The third-order valence-corrected chi connectivity index (χ3v) is 6.29. The number of hydrogen-bond donors (Lipinski definition) is 0. The number of fused-ring (bicyclic) bond motifs is 5. The first kappa shape index (κ1) is 18.6. The fourth-order valence-corrected chi connectivity index (χ4v) is 4.81. The van der Waals surface area contributed by atoms with Gasteiger partial charge >= 0.3 is 0 Å². The highest BCUT2D eigenvalue weighted by atomic mass is 14.2. The maximum atomic E-state index is 2.27. The number of benzene rings is 4. The highest BCUT2D eigenvalue weighted by Gasteiger charge is 2.21. The predicted molar refractivity (Wildman–Crippen MR) is 138 cm³/mol. The first-order chi connectivity index (χ1) is 15.9. The average molecular weight is 407 g/mol. The molecule has 4 aromatic rings. The van der Waals surface area contributed by atoms with Gasteiger partial charge in [-0.25, -0.2) is 0 Å². The van der Waals surface area contributed by atoms with Gasteiger partial charge in [0.15, 0.2) is 0 Å². The van der Waals surface area contributed by atoms with Crippen LogP contribution in [0.2, 0.25) is 0 Å². The summed E-state index contributed by atoms with van der Waals surface area (Å²) in [7, 11) is 0. The molecule has 0 spiro atoms. The number of hydrogen-bond acceptors (Lipinski definition) is 0. The summed E-state index contributed by atoms with van der Waals surface area (Å²) in [5.41, 5.74) is 12.5. The van der Waals surface area contributed by atoms with Crippen molar-refractivity contribution in [3.05, 3.63) is 149 Å². The van der Waals surface area contributed by atoms with Crippen LogP contribution in [0.3, 0.4) is 0 Å². The van der Waals surface area contributed by atoms with Crippen molar-refractivity contribution in [1.29, 1.82) is 0 Å². The monoisotopic (exact) mass is 406 g/mol. The van der Waals surface area contributed by atoms with Gasteiger partial charge in [0.2, 0.25) is 0 Å². The lowest BCUT2D eigenvalue weighted by atomic mass is 9.84. The minimum atomic E-state index is 1.24. The zero-order chi connectivity index (χ0) is 21.3. The van der Waals surface area contributed by atoms with Crippen LogP contribution >= 0.6 is 0 Å². The first-order valence-corrected chi connectivity index (χ1v) is 11.0. The summed E-state index contributed by atoms with van der Waals surface area (Å²) in [6.07, 6.45) is 13.3. The summed E-state index contributed by atoms with van der Waals surface area (Å²) in [4.78, 5) is 0. The topological polar surface area (TPSA) is 0 Å². The van der Waals surface area contributed by atoms with Crippen LogP contribution in [0.25, 0.3) is 40.5 Å². The highest BCUT2D eigenvalue weighted by Crippen LogP contribution is 2.42. The van der Waals surface area contributed by atoms with Gasteiger partial charge in [0.05, 0.1) is 0 Å². The van der Waals surface area contributed by atoms with E-state index in [0.29, 0.717) is 0 Å². The Morgan fingerprint density at radius 1 is 0.312 bits per heavy atom. The molecule has 0 aliphatic heterocycles. The maximum Gasteiger partial charge on any atom is -0.00206 e. The number of allylic oxidation sites excluding steroid dienone is 4. The molecule has 0 amide bonds. The van der Waals surface area contributed by atoms with Gasteiger partial charge in [0, 0.05) is 0 Å². The molecule has 0 aromatic heterocycles. The molecule has 2 aliphatic rings. The molecule has 0 saturated carbocycles. The SMILES string of the molecule is C1=Cc2ccccc2C(=C2/C=C\C=C/c3ccccc3-c3ccccc32)c2ccccc21. The Morgan fingerprint density at radius 2 is 0.750 bits per heavy atom.